The van der Waals surface area contributed by atoms with Gasteiger partial charge in [-0.3, -0.25) is 19.3 Å². The highest BCUT2D eigenvalue weighted by molar-refractivity contribution is 6.33. The summed E-state index contributed by atoms with van der Waals surface area (Å²) in [5.41, 5.74) is 3.74. The SMILES string of the molecule is Cc1cncc(-n2c3c(cc(-c4cccc(F)c4Cl)c2=O)-c2ncccc2OC3)c1. The Labute approximate surface area is 176 Å². The van der Waals surface area contributed by atoms with Crippen molar-refractivity contribution in [2.24, 2.45) is 0 Å². The molecule has 4 aromatic rings. The number of aryl methyl sites for hydroxylation is 1. The van der Waals surface area contributed by atoms with Gasteiger partial charge in [0.1, 0.15) is 23.9 Å². The summed E-state index contributed by atoms with van der Waals surface area (Å²) >= 11 is 6.23. The molecule has 1 aromatic carbocycles. The standard InChI is InChI=1S/C23H15ClFN3O2/c1-13-8-14(11-26-10-13)28-19-12-30-20-6-3-7-27-22(20)17(19)9-16(23(28)29)15-4-2-5-18(25)21(15)24/h2-11H,12H2,1H3. The van der Waals surface area contributed by atoms with E-state index >= 15 is 0 Å². The molecule has 0 spiro atoms. The number of hydrogen-bond acceptors (Lipinski definition) is 4. The number of nitrogens with zero attached hydrogens (tertiary/aromatic N) is 3. The minimum absolute atomic E-state index is 0.100. The van der Waals surface area contributed by atoms with E-state index in [1.165, 1.54) is 12.1 Å². The lowest BCUT2D eigenvalue weighted by molar-refractivity contribution is 0.292. The normalized spacial score (nSPS) is 12.1. The number of aromatic nitrogens is 3. The Morgan fingerprint density at radius 2 is 1.97 bits per heavy atom. The molecule has 1 aliphatic heterocycles. The molecule has 0 amide bonds. The highest BCUT2D eigenvalue weighted by atomic mass is 35.5. The average Bonchev–Trinajstić information content (AvgIpc) is 2.75. The fraction of sp³-hybridized carbons (Fsp3) is 0.0870. The molecule has 0 bridgehead atoms. The first-order valence-electron chi connectivity index (χ1n) is 9.28. The van der Waals surface area contributed by atoms with Crippen LogP contribution in [0.25, 0.3) is 28.1 Å². The molecule has 0 N–H and O–H groups in total. The highest BCUT2D eigenvalue weighted by Crippen LogP contribution is 2.38. The summed E-state index contributed by atoms with van der Waals surface area (Å²) in [6, 6.07) is 11.6. The van der Waals surface area contributed by atoms with Crippen LogP contribution >= 0.6 is 11.6 Å². The average molecular weight is 420 g/mol. The summed E-state index contributed by atoms with van der Waals surface area (Å²) in [5.74, 6) is 0.0331. The maximum absolute atomic E-state index is 14.2. The number of halogens is 2. The van der Waals surface area contributed by atoms with E-state index in [0.29, 0.717) is 28.4 Å². The third-order valence-corrected chi connectivity index (χ3v) is 5.44. The summed E-state index contributed by atoms with van der Waals surface area (Å²) in [4.78, 5) is 22.3. The van der Waals surface area contributed by atoms with Crippen LogP contribution in [-0.4, -0.2) is 14.5 Å². The van der Waals surface area contributed by atoms with Crippen LogP contribution in [0.2, 0.25) is 5.02 Å². The second-order valence-corrected chi connectivity index (χ2v) is 7.40. The van der Waals surface area contributed by atoms with Gasteiger partial charge in [0.15, 0.2) is 0 Å². The van der Waals surface area contributed by atoms with Gasteiger partial charge in [0.05, 0.1) is 22.6 Å². The van der Waals surface area contributed by atoms with Gasteiger partial charge in [0.2, 0.25) is 0 Å². The molecule has 7 heteroatoms. The van der Waals surface area contributed by atoms with E-state index in [9.17, 15) is 9.18 Å². The van der Waals surface area contributed by atoms with Crippen LogP contribution in [-0.2, 0) is 6.61 Å². The fourth-order valence-corrected chi connectivity index (χ4v) is 3.92. The van der Waals surface area contributed by atoms with Crippen LogP contribution in [0.1, 0.15) is 11.3 Å². The van der Waals surface area contributed by atoms with Crippen LogP contribution in [0.15, 0.2) is 65.8 Å². The van der Waals surface area contributed by atoms with Crippen molar-refractivity contribution in [3.05, 3.63) is 93.5 Å². The lowest BCUT2D eigenvalue weighted by Crippen LogP contribution is -2.27. The molecular formula is C23H15ClFN3O2. The zero-order chi connectivity index (χ0) is 20.8. The Morgan fingerprint density at radius 1 is 1.10 bits per heavy atom. The molecular weight excluding hydrogens is 405 g/mol. The van der Waals surface area contributed by atoms with Gasteiger partial charge in [-0.15, -0.1) is 0 Å². The predicted octanol–water partition coefficient (Wildman–Crippen LogP) is 4.95. The minimum Gasteiger partial charge on any atom is -0.485 e. The molecule has 3 aromatic heterocycles. The molecule has 148 valence electrons. The van der Waals surface area contributed by atoms with Crippen LogP contribution in [0.3, 0.4) is 0 Å². The molecule has 30 heavy (non-hydrogen) atoms. The monoisotopic (exact) mass is 419 g/mol. The molecule has 0 radical (unpaired) electrons. The number of pyridine rings is 3. The Bertz CT molecular complexity index is 1370. The van der Waals surface area contributed by atoms with Gasteiger partial charge < -0.3 is 4.74 Å². The van der Waals surface area contributed by atoms with E-state index in [2.05, 4.69) is 9.97 Å². The number of rotatable bonds is 2. The molecule has 5 rings (SSSR count). The van der Waals surface area contributed by atoms with E-state index in [0.717, 1.165) is 11.1 Å². The maximum atomic E-state index is 14.2. The van der Waals surface area contributed by atoms with Gasteiger partial charge in [-0.05, 0) is 42.8 Å². The van der Waals surface area contributed by atoms with Gasteiger partial charge in [-0.25, -0.2) is 4.39 Å². The van der Waals surface area contributed by atoms with Crippen molar-refractivity contribution in [2.45, 2.75) is 13.5 Å². The van der Waals surface area contributed by atoms with Gasteiger partial charge >= 0.3 is 0 Å². The third kappa shape index (κ3) is 2.88. The Kier molecular flexibility index (Phi) is 4.37. The van der Waals surface area contributed by atoms with Crippen molar-refractivity contribution < 1.29 is 9.13 Å². The molecule has 0 fully saturated rings. The van der Waals surface area contributed by atoms with Gasteiger partial charge in [0.25, 0.3) is 5.56 Å². The van der Waals surface area contributed by atoms with Crippen molar-refractivity contribution in [1.29, 1.82) is 0 Å². The first kappa shape index (κ1) is 18.5. The van der Waals surface area contributed by atoms with Crippen molar-refractivity contribution >= 4 is 11.6 Å². The smallest absolute Gasteiger partial charge is 0.263 e. The summed E-state index contributed by atoms with van der Waals surface area (Å²) in [6.07, 6.45) is 4.98. The van der Waals surface area contributed by atoms with Crippen molar-refractivity contribution in [1.82, 2.24) is 14.5 Å². The topological polar surface area (TPSA) is 57.0 Å². The number of hydrogen-bond donors (Lipinski definition) is 0. The maximum Gasteiger partial charge on any atom is 0.263 e. The summed E-state index contributed by atoms with van der Waals surface area (Å²) < 4.78 is 21.6. The molecule has 1 aliphatic rings. The molecule has 0 atom stereocenters. The third-order valence-electron chi connectivity index (χ3n) is 5.05. The minimum atomic E-state index is -0.586. The number of ether oxygens (including phenoxy) is 1. The Hall–Kier alpha value is -3.51. The number of fused-ring (bicyclic) bond motifs is 3. The Balaban J connectivity index is 1.90. The highest BCUT2D eigenvalue weighted by Gasteiger charge is 2.26. The predicted molar refractivity (Wildman–Crippen MR) is 113 cm³/mol. The lowest BCUT2D eigenvalue weighted by Gasteiger charge is -2.24. The first-order valence-corrected chi connectivity index (χ1v) is 9.66. The molecule has 0 aliphatic carbocycles. The Morgan fingerprint density at radius 3 is 2.80 bits per heavy atom. The molecule has 0 saturated carbocycles. The quantitative estimate of drug-likeness (QED) is 0.461. The van der Waals surface area contributed by atoms with Crippen LogP contribution in [0.4, 0.5) is 4.39 Å². The van der Waals surface area contributed by atoms with Crippen molar-refractivity contribution in [3.63, 3.8) is 0 Å². The number of benzene rings is 1. The zero-order valence-corrected chi connectivity index (χ0v) is 16.7. The van der Waals surface area contributed by atoms with E-state index in [1.54, 1.807) is 41.4 Å². The van der Waals surface area contributed by atoms with E-state index in [4.69, 9.17) is 16.3 Å². The van der Waals surface area contributed by atoms with Gasteiger partial charge in [-0.2, -0.15) is 0 Å². The second kappa shape index (κ2) is 7.07. The van der Waals surface area contributed by atoms with Crippen LogP contribution < -0.4 is 10.3 Å². The molecule has 4 heterocycles. The largest absolute Gasteiger partial charge is 0.485 e. The van der Waals surface area contributed by atoms with Crippen molar-refractivity contribution in [2.75, 3.05) is 0 Å². The summed E-state index contributed by atoms with van der Waals surface area (Å²) in [5, 5.41) is -0.100. The molecule has 0 unspecified atom stereocenters. The summed E-state index contributed by atoms with van der Waals surface area (Å²) in [6.45, 7) is 2.09. The second-order valence-electron chi connectivity index (χ2n) is 7.02. The van der Waals surface area contributed by atoms with Crippen LogP contribution in [0, 0.1) is 12.7 Å². The van der Waals surface area contributed by atoms with E-state index in [-0.39, 0.29) is 22.8 Å². The summed E-state index contributed by atoms with van der Waals surface area (Å²) in [7, 11) is 0. The van der Waals surface area contributed by atoms with Crippen LogP contribution in [0.5, 0.6) is 5.75 Å². The fourth-order valence-electron chi connectivity index (χ4n) is 3.69. The van der Waals surface area contributed by atoms with Gasteiger partial charge in [-0.1, -0.05) is 23.7 Å². The first-order chi connectivity index (χ1) is 14.5. The molecule has 0 saturated heterocycles. The molecule has 5 nitrogen and oxygen atoms in total. The van der Waals surface area contributed by atoms with Gasteiger partial charge in [0, 0.05) is 29.1 Å². The van der Waals surface area contributed by atoms with E-state index in [1.807, 2.05) is 19.1 Å². The van der Waals surface area contributed by atoms with E-state index < -0.39 is 5.82 Å². The zero-order valence-electron chi connectivity index (χ0n) is 15.9. The van der Waals surface area contributed by atoms with Crippen molar-refractivity contribution in [3.8, 4) is 33.8 Å². The lowest BCUT2D eigenvalue weighted by atomic mass is 9.99.